The van der Waals surface area contributed by atoms with Gasteiger partial charge in [-0.25, -0.2) is 0 Å². The topological polar surface area (TPSA) is 59.6 Å². The number of amides is 1. The Bertz CT molecular complexity index is 778. The van der Waals surface area contributed by atoms with E-state index in [0.29, 0.717) is 30.2 Å². The number of carbonyl (C=O) groups excluding carboxylic acids is 1. The number of nitrogens with one attached hydrogen (secondary N) is 2. The SMILES string of the molecule is CCCCCCCOc1ccc(C(=O)NC(=S)Nc2ccccc2OCC)cc1. The molecule has 0 aliphatic heterocycles. The predicted molar refractivity (Wildman–Crippen MR) is 122 cm³/mol. The number of anilines is 1. The molecular formula is C23H30N2O3S. The van der Waals surface area contributed by atoms with Crippen molar-refractivity contribution in [2.45, 2.75) is 46.0 Å². The van der Waals surface area contributed by atoms with Crippen LogP contribution in [0.15, 0.2) is 48.5 Å². The van der Waals surface area contributed by atoms with E-state index in [2.05, 4.69) is 17.6 Å². The first-order valence-electron chi connectivity index (χ1n) is 10.2. The number of benzene rings is 2. The van der Waals surface area contributed by atoms with Crippen LogP contribution >= 0.6 is 12.2 Å². The Balaban J connectivity index is 1.80. The van der Waals surface area contributed by atoms with Crippen molar-refractivity contribution in [3.05, 3.63) is 54.1 Å². The zero-order valence-electron chi connectivity index (χ0n) is 17.2. The lowest BCUT2D eigenvalue weighted by atomic mass is 10.2. The predicted octanol–water partition coefficient (Wildman–Crippen LogP) is 5.56. The van der Waals surface area contributed by atoms with Gasteiger partial charge in [0, 0.05) is 5.56 Å². The Kier molecular flexibility index (Phi) is 10.00. The van der Waals surface area contributed by atoms with E-state index >= 15 is 0 Å². The molecule has 0 unspecified atom stereocenters. The Labute approximate surface area is 178 Å². The molecule has 0 aromatic heterocycles. The van der Waals surface area contributed by atoms with Crippen molar-refractivity contribution in [3.63, 3.8) is 0 Å². The van der Waals surface area contributed by atoms with Crippen LogP contribution in [0.2, 0.25) is 0 Å². The molecule has 0 saturated carbocycles. The van der Waals surface area contributed by atoms with Gasteiger partial charge in [-0.1, -0.05) is 44.7 Å². The van der Waals surface area contributed by atoms with Crippen molar-refractivity contribution in [1.82, 2.24) is 5.32 Å². The fraction of sp³-hybridized carbons (Fsp3) is 0.391. The molecule has 2 N–H and O–H groups in total. The van der Waals surface area contributed by atoms with Crippen molar-refractivity contribution in [2.75, 3.05) is 18.5 Å². The number of hydrogen-bond acceptors (Lipinski definition) is 4. The molecule has 5 nitrogen and oxygen atoms in total. The minimum Gasteiger partial charge on any atom is -0.494 e. The molecule has 0 radical (unpaired) electrons. The van der Waals surface area contributed by atoms with E-state index < -0.39 is 0 Å². The second-order valence-electron chi connectivity index (χ2n) is 6.62. The van der Waals surface area contributed by atoms with Gasteiger partial charge in [0.15, 0.2) is 5.11 Å². The van der Waals surface area contributed by atoms with E-state index in [-0.39, 0.29) is 11.0 Å². The van der Waals surface area contributed by atoms with Gasteiger partial charge in [-0.3, -0.25) is 10.1 Å². The number of carbonyl (C=O) groups is 1. The molecule has 0 bridgehead atoms. The third-order valence-electron chi connectivity index (χ3n) is 4.30. The minimum atomic E-state index is -0.275. The van der Waals surface area contributed by atoms with Crippen LogP contribution in [-0.2, 0) is 0 Å². The maximum atomic E-state index is 12.4. The van der Waals surface area contributed by atoms with Crippen LogP contribution in [0.1, 0.15) is 56.3 Å². The van der Waals surface area contributed by atoms with E-state index in [9.17, 15) is 4.79 Å². The van der Waals surface area contributed by atoms with Gasteiger partial charge in [0.1, 0.15) is 11.5 Å². The summed E-state index contributed by atoms with van der Waals surface area (Å²) in [5.74, 6) is 1.17. The lowest BCUT2D eigenvalue weighted by Crippen LogP contribution is -2.34. The summed E-state index contributed by atoms with van der Waals surface area (Å²) < 4.78 is 11.3. The molecule has 1 amide bonds. The van der Waals surface area contributed by atoms with E-state index in [1.54, 1.807) is 12.1 Å². The monoisotopic (exact) mass is 414 g/mol. The summed E-state index contributed by atoms with van der Waals surface area (Å²) in [6.45, 7) is 5.36. The number of thiocarbonyl (C=S) groups is 1. The van der Waals surface area contributed by atoms with E-state index in [1.807, 2.05) is 43.3 Å². The molecule has 2 aromatic carbocycles. The first kappa shape index (κ1) is 22.7. The minimum absolute atomic E-state index is 0.217. The molecule has 0 atom stereocenters. The summed E-state index contributed by atoms with van der Waals surface area (Å²) >= 11 is 5.26. The number of rotatable bonds is 11. The van der Waals surface area contributed by atoms with Gasteiger partial charge in [-0.15, -0.1) is 0 Å². The lowest BCUT2D eigenvalue weighted by Gasteiger charge is -2.13. The fourth-order valence-electron chi connectivity index (χ4n) is 2.78. The molecule has 156 valence electrons. The quantitative estimate of drug-likeness (QED) is 0.372. The van der Waals surface area contributed by atoms with Crippen LogP contribution in [0.25, 0.3) is 0 Å². The van der Waals surface area contributed by atoms with Gasteiger partial charge in [0.05, 0.1) is 18.9 Å². The fourth-order valence-corrected chi connectivity index (χ4v) is 2.98. The Morgan fingerprint density at radius 2 is 1.66 bits per heavy atom. The van der Waals surface area contributed by atoms with E-state index in [4.69, 9.17) is 21.7 Å². The highest BCUT2D eigenvalue weighted by molar-refractivity contribution is 7.80. The van der Waals surface area contributed by atoms with E-state index in [0.717, 1.165) is 12.2 Å². The molecule has 6 heteroatoms. The van der Waals surface area contributed by atoms with Crippen LogP contribution in [0.3, 0.4) is 0 Å². The molecule has 2 aromatic rings. The molecule has 0 saturated heterocycles. The molecule has 0 aliphatic carbocycles. The first-order valence-corrected chi connectivity index (χ1v) is 10.6. The summed E-state index contributed by atoms with van der Waals surface area (Å²) in [5, 5.41) is 5.91. The Hall–Kier alpha value is -2.60. The molecule has 0 aliphatic rings. The van der Waals surface area contributed by atoms with Crippen molar-refractivity contribution in [1.29, 1.82) is 0 Å². The Morgan fingerprint density at radius 1 is 0.931 bits per heavy atom. The lowest BCUT2D eigenvalue weighted by molar-refractivity contribution is 0.0977. The number of hydrogen-bond donors (Lipinski definition) is 2. The van der Waals surface area contributed by atoms with Crippen LogP contribution in [0, 0.1) is 0 Å². The largest absolute Gasteiger partial charge is 0.494 e. The standard InChI is InChI=1S/C23H30N2O3S/c1-3-5-6-7-10-17-28-19-15-13-18(14-16-19)22(26)25-23(29)24-20-11-8-9-12-21(20)27-4-2/h8-9,11-16H,3-7,10,17H2,1-2H3,(H2,24,25,26,29). The van der Waals surface area contributed by atoms with Crippen LogP contribution < -0.4 is 20.1 Å². The summed E-state index contributed by atoms with van der Waals surface area (Å²) in [4.78, 5) is 12.4. The summed E-state index contributed by atoms with van der Waals surface area (Å²) in [6.07, 6.45) is 6.00. The first-order chi connectivity index (χ1) is 14.1. The van der Waals surface area contributed by atoms with Gasteiger partial charge in [0.2, 0.25) is 0 Å². The molecular weight excluding hydrogens is 384 g/mol. The van der Waals surface area contributed by atoms with Gasteiger partial charge >= 0.3 is 0 Å². The zero-order chi connectivity index (χ0) is 20.9. The van der Waals surface area contributed by atoms with Gasteiger partial charge in [-0.05, 0) is 62.0 Å². The Morgan fingerprint density at radius 3 is 2.38 bits per heavy atom. The van der Waals surface area contributed by atoms with Crippen LogP contribution in [-0.4, -0.2) is 24.2 Å². The maximum absolute atomic E-state index is 12.4. The third-order valence-corrected chi connectivity index (χ3v) is 4.50. The summed E-state index contributed by atoms with van der Waals surface area (Å²) in [5.41, 5.74) is 1.23. The number of para-hydroxylation sites is 2. The second-order valence-corrected chi connectivity index (χ2v) is 7.03. The molecule has 0 fully saturated rings. The highest BCUT2D eigenvalue weighted by Gasteiger charge is 2.10. The van der Waals surface area contributed by atoms with Gasteiger partial charge in [0.25, 0.3) is 5.91 Å². The number of unbranched alkanes of at least 4 members (excludes halogenated alkanes) is 4. The number of ether oxygens (including phenoxy) is 2. The smallest absolute Gasteiger partial charge is 0.257 e. The highest BCUT2D eigenvalue weighted by atomic mass is 32.1. The average Bonchev–Trinajstić information content (AvgIpc) is 2.72. The highest BCUT2D eigenvalue weighted by Crippen LogP contribution is 2.23. The van der Waals surface area contributed by atoms with Crippen molar-refractivity contribution in [2.24, 2.45) is 0 Å². The zero-order valence-corrected chi connectivity index (χ0v) is 18.0. The molecule has 29 heavy (non-hydrogen) atoms. The van der Waals surface area contributed by atoms with Crippen molar-refractivity contribution in [3.8, 4) is 11.5 Å². The maximum Gasteiger partial charge on any atom is 0.257 e. The molecule has 0 spiro atoms. The van der Waals surface area contributed by atoms with Crippen molar-refractivity contribution < 1.29 is 14.3 Å². The average molecular weight is 415 g/mol. The second kappa shape index (κ2) is 12.8. The summed E-state index contributed by atoms with van der Waals surface area (Å²) in [7, 11) is 0. The van der Waals surface area contributed by atoms with Crippen LogP contribution in [0.4, 0.5) is 5.69 Å². The third kappa shape index (κ3) is 8.11. The summed E-state index contributed by atoms with van der Waals surface area (Å²) in [6, 6.07) is 14.5. The molecule has 2 rings (SSSR count). The van der Waals surface area contributed by atoms with Gasteiger partial charge < -0.3 is 14.8 Å². The van der Waals surface area contributed by atoms with E-state index in [1.165, 1.54) is 25.7 Å². The normalized spacial score (nSPS) is 10.3. The van der Waals surface area contributed by atoms with Crippen molar-refractivity contribution >= 4 is 28.9 Å². The molecule has 0 heterocycles. The van der Waals surface area contributed by atoms with Gasteiger partial charge in [-0.2, -0.15) is 0 Å². The van der Waals surface area contributed by atoms with Crippen LogP contribution in [0.5, 0.6) is 11.5 Å².